The van der Waals surface area contributed by atoms with Crippen LogP contribution in [0, 0.1) is 0 Å². The molecule has 2 rings (SSSR count). The molecule has 0 fully saturated rings. The Morgan fingerprint density at radius 2 is 1.94 bits per heavy atom. The van der Waals surface area contributed by atoms with E-state index in [2.05, 4.69) is 4.74 Å². The molecule has 0 saturated heterocycles. The average molecular weight is 262 g/mol. The van der Waals surface area contributed by atoms with Crippen molar-refractivity contribution in [3.05, 3.63) is 51.7 Å². The number of carbonyl (C=O) groups is 1. The van der Waals surface area contributed by atoms with Gasteiger partial charge in [-0.2, -0.15) is 0 Å². The summed E-state index contributed by atoms with van der Waals surface area (Å²) >= 11 is 1.57. The Labute approximate surface area is 110 Å². The highest BCUT2D eigenvalue weighted by Crippen LogP contribution is 2.20. The zero-order valence-electron chi connectivity index (χ0n) is 10.3. The number of rotatable bonds is 4. The molecular weight excluding hydrogens is 248 g/mol. The van der Waals surface area contributed by atoms with Gasteiger partial charge in [0, 0.05) is 16.7 Å². The second-order valence-corrected chi connectivity index (χ2v) is 4.81. The van der Waals surface area contributed by atoms with Crippen molar-refractivity contribution in [2.75, 3.05) is 14.2 Å². The van der Waals surface area contributed by atoms with E-state index in [1.807, 2.05) is 35.7 Å². The lowest BCUT2D eigenvalue weighted by Crippen LogP contribution is -1.98. The van der Waals surface area contributed by atoms with Crippen molar-refractivity contribution in [3.63, 3.8) is 0 Å². The van der Waals surface area contributed by atoms with Crippen molar-refractivity contribution >= 4 is 17.3 Å². The van der Waals surface area contributed by atoms with Gasteiger partial charge in [0.15, 0.2) is 0 Å². The summed E-state index contributed by atoms with van der Waals surface area (Å²) in [5, 5.41) is 1.82. The summed E-state index contributed by atoms with van der Waals surface area (Å²) in [6.45, 7) is 0. The summed E-state index contributed by atoms with van der Waals surface area (Å²) in [6, 6.07) is 9.79. The van der Waals surface area contributed by atoms with Crippen molar-refractivity contribution in [1.29, 1.82) is 0 Å². The Balaban J connectivity index is 2.08. The van der Waals surface area contributed by atoms with E-state index in [4.69, 9.17) is 4.74 Å². The lowest BCUT2D eigenvalue weighted by molar-refractivity contribution is 0.0601. The minimum atomic E-state index is -0.285. The van der Waals surface area contributed by atoms with Gasteiger partial charge in [-0.15, -0.1) is 11.3 Å². The predicted octanol–water partition coefficient (Wildman–Crippen LogP) is 3.13. The molecule has 0 aliphatic rings. The summed E-state index contributed by atoms with van der Waals surface area (Å²) in [7, 11) is 3.04. The largest absolute Gasteiger partial charge is 0.497 e. The molecule has 0 radical (unpaired) electrons. The maximum Gasteiger partial charge on any atom is 0.338 e. The fourth-order valence-corrected chi connectivity index (χ4v) is 2.53. The van der Waals surface area contributed by atoms with Crippen LogP contribution in [0.5, 0.6) is 5.75 Å². The molecule has 0 unspecified atom stereocenters. The van der Waals surface area contributed by atoms with Crippen LogP contribution in [0.1, 0.15) is 20.8 Å². The second-order valence-electron chi connectivity index (χ2n) is 3.82. The normalized spacial score (nSPS) is 10.1. The quantitative estimate of drug-likeness (QED) is 0.794. The number of thiophene rings is 1. The third-order valence-corrected chi connectivity index (χ3v) is 3.55. The smallest absolute Gasteiger partial charge is 0.338 e. The van der Waals surface area contributed by atoms with Crippen LogP contribution in [0.15, 0.2) is 35.7 Å². The topological polar surface area (TPSA) is 35.5 Å². The van der Waals surface area contributed by atoms with E-state index in [9.17, 15) is 4.79 Å². The van der Waals surface area contributed by atoms with Crippen LogP contribution in [0.4, 0.5) is 0 Å². The molecule has 1 aromatic carbocycles. The van der Waals surface area contributed by atoms with E-state index in [1.54, 1.807) is 18.4 Å². The summed E-state index contributed by atoms with van der Waals surface area (Å²) in [4.78, 5) is 12.5. The van der Waals surface area contributed by atoms with Gasteiger partial charge in [0.1, 0.15) is 5.75 Å². The molecule has 0 bridgehead atoms. The molecule has 0 aliphatic heterocycles. The Hall–Kier alpha value is -1.81. The molecule has 18 heavy (non-hydrogen) atoms. The van der Waals surface area contributed by atoms with Crippen LogP contribution in [0.25, 0.3) is 0 Å². The first-order valence-corrected chi connectivity index (χ1v) is 6.39. The highest BCUT2D eigenvalue weighted by molar-refractivity contribution is 7.10. The van der Waals surface area contributed by atoms with Gasteiger partial charge in [-0.05, 0) is 23.8 Å². The van der Waals surface area contributed by atoms with E-state index in [0.717, 1.165) is 17.0 Å². The van der Waals surface area contributed by atoms with Crippen LogP contribution < -0.4 is 4.74 Å². The van der Waals surface area contributed by atoms with Gasteiger partial charge in [0.25, 0.3) is 0 Å². The standard InChI is InChI=1S/C14H14O3S/c1-16-12-5-3-10(4-6-12)7-13-8-11(9-18-13)14(15)17-2/h3-6,8-9H,7H2,1-2H3. The van der Waals surface area contributed by atoms with Crippen LogP contribution in [-0.2, 0) is 11.2 Å². The van der Waals surface area contributed by atoms with Crippen molar-refractivity contribution < 1.29 is 14.3 Å². The lowest BCUT2D eigenvalue weighted by Gasteiger charge is -2.01. The molecule has 2 aromatic rings. The van der Waals surface area contributed by atoms with E-state index in [-0.39, 0.29) is 5.97 Å². The number of carbonyl (C=O) groups excluding carboxylic acids is 1. The van der Waals surface area contributed by atoms with Crippen LogP contribution in [0.2, 0.25) is 0 Å². The molecule has 3 nitrogen and oxygen atoms in total. The molecule has 94 valence electrons. The number of hydrogen-bond acceptors (Lipinski definition) is 4. The lowest BCUT2D eigenvalue weighted by atomic mass is 10.1. The minimum Gasteiger partial charge on any atom is -0.497 e. The first-order chi connectivity index (χ1) is 8.72. The van der Waals surface area contributed by atoms with E-state index >= 15 is 0 Å². The summed E-state index contributed by atoms with van der Waals surface area (Å²) < 4.78 is 9.79. The Morgan fingerprint density at radius 3 is 2.56 bits per heavy atom. The molecule has 0 saturated carbocycles. The van der Waals surface area contributed by atoms with E-state index in [0.29, 0.717) is 5.56 Å². The summed E-state index contributed by atoms with van der Waals surface area (Å²) in [5.74, 6) is 0.562. The second kappa shape index (κ2) is 5.69. The zero-order valence-corrected chi connectivity index (χ0v) is 11.1. The number of hydrogen-bond donors (Lipinski definition) is 0. The first-order valence-electron chi connectivity index (χ1n) is 5.51. The Morgan fingerprint density at radius 1 is 1.22 bits per heavy atom. The van der Waals surface area contributed by atoms with Crippen LogP contribution in [0.3, 0.4) is 0 Å². The molecule has 4 heteroatoms. The van der Waals surface area contributed by atoms with Crippen LogP contribution in [-0.4, -0.2) is 20.2 Å². The zero-order chi connectivity index (χ0) is 13.0. The van der Waals surface area contributed by atoms with Gasteiger partial charge in [-0.25, -0.2) is 4.79 Å². The predicted molar refractivity (Wildman–Crippen MR) is 71.5 cm³/mol. The van der Waals surface area contributed by atoms with Gasteiger partial charge in [0.05, 0.1) is 19.8 Å². The van der Waals surface area contributed by atoms with Gasteiger partial charge in [-0.1, -0.05) is 12.1 Å². The molecule has 0 spiro atoms. The molecule has 1 heterocycles. The van der Waals surface area contributed by atoms with E-state index in [1.165, 1.54) is 12.7 Å². The third-order valence-electron chi connectivity index (χ3n) is 2.61. The fourth-order valence-electron chi connectivity index (χ4n) is 1.64. The summed E-state index contributed by atoms with van der Waals surface area (Å²) in [6.07, 6.45) is 0.811. The molecule has 0 amide bonds. The van der Waals surface area contributed by atoms with Gasteiger partial charge >= 0.3 is 5.97 Å². The third kappa shape index (κ3) is 2.90. The minimum absolute atomic E-state index is 0.285. The van der Waals surface area contributed by atoms with Crippen molar-refractivity contribution in [2.24, 2.45) is 0 Å². The maximum absolute atomic E-state index is 11.3. The average Bonchev–Trinajstić information content (AvgIpc) is 2.87. The molecule has 0 N–H and O–H groups in total. The van der Waals surface area contributed by atoms with E-state index < -0.39 is 0 Å². The highest BCUT2D eigenvalue weighted by Gasteiger charge is 2.08. The summed E-state index contributed by atoms with van der Waals surface area (Å²) in [5.41, 5.74) is 1.81. The van der Waals surface area contributed by atoms with Gasteiger partial charge in [0.2, 0.25) is 0 Å². The SMILES string of the molecule is COC(=O)c1csc(Cc2ccc(OC)cc2)c1. The van der Waals surface area contributed by atoms with Crippen LogP contribution >= 0.6 is 11.3 Å². The number of esters is 1. The van der Waals surface area contributed by atoms with Gasteiger partial charge < -0.3 is 9.47 Å². The van der Waals surface area contributed by atoms with Crippen molar-refractivity contribution in [1.82, 2.24) is 0 Å². The van der Waals surface area contributed by atoms with Crippen molar-refractivity contribution in [3.8, 4) is 5.75 Å². The number of methoxy groups -OCH3 is 2. The number of benzene rings is 1. The Kier molecular flexibility index (Phi) is 3.99. The Bertz CT molecular complexity index is 528. The fraction of sp³-hybridized carbons (Fsp3) is 0.214. The molecule has 0 atom stereocenters. The molecular formula is C14H14O3S. The first kappa shape index (κ1) is 12.6. The molecule has 1 aromatic heterocycles. The highest BCUT2D eigenvalue weighted by atomic mass is 32.1. The monoisotopic (exact) mass is 262 g/mol. The molecule has 0 aliphatic carbocycles. The number of ether oxygens (including phenoxy) is 2. The van der Waals surface area contributed by atoms with Gasteiger partial charge in [-0.3, -0.25) is 0 Å². The maximum atomic E-state index is 11.3. The van der Waals surface area contributed by atoms with Crippen molar-refractivity contribution in [2.45, 2.75) is 6.42 Å².